The molecule has 0 atom stereocenters. The van der Waals surface area contributed by atoms with Crippen LogP contribution in [0.15, 0.2) is 33.9 Å². The van der Waals surface area contributed by atoms with Crippen molar-refractivity contribution in [1.82, 2.24) is 9.55 Å². The van der Waals surface area contributed by atoms with Gasteiger partial charge in [0.25, 0.3) is 5.56 Å². The van der Waals surface area contributed by atoms with Crippen LogP contribution in [0.1, 0.15) is 5.56 Å². The molecule has 94 valence electrons. The number of anilines is 2. The number of halogens is 1. The summed E-state index contributed by atoms with van der Waals surface area (Å²) in [5.74, 6) is -0.0521. The zero-order valence-electron chi connectivity index (χ0n) is 9.31. The van der Waals surface area contributed by atoms with Gasteiger partial charge in [0, 0.05) is 5.02 Å². The van der Waals surface area contributed by atoms with E-state index < -0.39 is 11.2 Å². The lowest BCUT2D eigenvalue weighted by molar-refractivity contribution is 0.735. The highest BCUT2D eigenvalue weighted by atomic mass is 35.5. The van der Waals surface area contributed by atoms with Gasteiger partial charge in [-0.25, -0.2) is 4.79 Å². The van der Waals surface area contributed by atoms with Crippen LogP contribution in [0.2, 0.25) is 5.02 Å². The van der Waals surface area contributed by atoms with Crippen LogP contribution in [0, 0.1) is 0 Å². The zero-order chi connectivity index (χ0) is 13.3. The number of benzene rings is 1. The molecule has 0 bridgehead atoms. The SMILES string of the molecule is Nc1c(N)n(Cc2cccc(Cl)c2)c(=O)[nH]c1=O. The maximum absolute atomic E-state index is 11.6. The first-order valence-electron chi connectivity index (χ1n) is 5.11. The molecule has 1 heterocycles. The second kappa shape index (κ2) is 4.58. The average Bonchev–Trinajstić information content (AvgIpc) is 2.32. The van der Waals surface area contributed by atoms with Crippen LogP contribution >= 0.6 is 11.6 Å². The maximum atomic E-state index is 11.6. The molecule has 7 heteroatoms. The van der Waals surface area contributed by atoms with Crippen LogP contribution in [0.4, 0.5) is 11.5 Å². The minimum Gasteiger partial charge on any atom is -0.391 e. The molecule has 0 saturated carbocycles. The molecule has 18 heavy (non-hydrogen) atoms. The third-order valence-corrected chi connectivity index (χ3v) is 2.74. The Balaban J connectivity index is 2.50. The zero-order valence-corrected chi connectivity index (χ0v) is 10.1. The molecular weight excluding hydrogens is 256 g/mol. The van der Waals surface area contributed by atoms with Crippen LogP contribution in [-0.4, -0.2) is 9.55 Å². The second-order valence-electron chi connectivity index (χ2n) is 3.77. The van der Waals surface area contributed by atoms with Crippen molar-refractivity contribution in [1.29, 1.82) is 0 Å². The molecule has 2 rings (SSSR count). The number of rotatable bonds is 2. The highest BCUT2D eigenvalue weighted by molar-refractivity contribution is 6.30. The average molecular weight is 267 g/mol. The summed E-state index contributed by atoms with van der Waals surface area (Å²) in [5.41, 5.74) is 10.5. The Morgan fingerprint density at radius 1 is 1.28 bits per heavy atom. The van der Waals surface area contributed by atoms with E-state index in [1.54, 1.807) is 24.3 Å². The van der Waals surface area contributed by atoms with Crippen molar-refractivity contribution < 1.29 is 0 Å². The summed E-state index contributed by atoms with van der Waals surface area (Å²) in [7, 11) is 0. The molecule has 5 N–H and O–H groups in total. The van der Waals surface area contributed by atoms with E-state index in [1.165, 1.54) is 4.57 Å². The largest absolute Gasteiger partial charge is 0.391 e. The van der Waals surface area contributed by atoms with Crippen molar-refractivity contribution in [3.63, 3.8) is 0 Å². The molecular formula is C11H11ClN4O2. The fraction of sp³-hybridized carbons (Fsp3) is 0.0909. The Bertz CT molecular complexity index is 705. The minimum absolute atomic E-state index is 0.0521. The Morgan fingerprint density at radius 2 is 2.00 bits per heavy atom. The maximum Gasteiger partial charge on any atom is 0.330 e. The van der Waals surface area contributed by atoms with Gasteiger partial charge in [0.1, 0.15) is 11.5 Å². The molecule has 0 aliphatic heterocycles. The Morgan fingerprint density at radius 3 is 2.67 bits per heavy atom. The highest BCUT2D eigenvalue weighted by Crippen LogP contribution is 2.13. The molecule has 0 aliphatic rings. The van der Waals surface area contributed by atoms with Crippen molar-refractivity contribution in [2.45, 2.75) is 6.54 Å². The number of nitrogen functional groups attached to an aromatic ring is 2. The minimum atomic E-state index is -0.681. The summed E-state index contributed by atoms with van der Waals surface area (Å²) in [6.07, 6.45) is 0. The number of hydrogen-bond acceptors (Lipinski definition) is 4. The predicted octanol–water partition coefficient (Wildman–Crippen LogP) is 0.403. The van der Waals surface area contributed by atoms with Gasteiger partial charge in [-0.3, -0.25) is 14.3 Å². The van der Waals surface area contributed by atoms with E-state index in [-0.39, 0.29) is 18.1 Å². The molecule has 0 saturated heterocycles. The second-order valence-corrected chi connectivity index (χ2v) is 4.21. The van der Waals surface area contributed by atoms with Crippen molar-refractivity contribution in [3.05, 3.63) is 55.7 Å². The Labute approximate surface area is 107 Å². The molecule has 6 nitrogen and oxygen atoms in total. The van der Waals surface area contributed by atoms with E-state index in [1.807, 2.05) is 0 Å². The summed E-state index contributed by atoms with van der Waals surface area (Å²) in [6.45, 7) is 0.187. The van der Waals surface area contributed by atoms with Gasteiger partial charge in [-0.15, -0.1) is 0 Å². The first kappa shape index (κ1) is 12.3. The lowest BCUT2D eigenvalue weighted by Gasteiger charge is -2.10. The smallest absolute Gasteiger partial charge is 0.330 e. The fourth-order valence-electron chi connectivity index (χ4n) is 1.58. The summed E-state index contributed by atoms with van der Waals surface area (Å²) in [4.78, 5) is 25.0. The Kier molecular flexibility index (Phi) is 3.12. The molecule has 0 aliphatic carbocycles. The van der Waals surface area contributed by atoms with Crippen LogP contribution in [0.25, 0.3) is 0 Å². The monoisotopic (exact) mass is 266 g/mol. The van der Waals surface area contributed by atoms with E-state index in [4.69, 9.17) is 23.1 Å². The van der Waals surface area contributed by atoms with E-state index in [2.05, 4.69) is 4.98 Å². The molecule has 0 fully saturated rings. The number of nitrogens with one attached hydrogen (secondary N) is 1. The number of nitrogens with two attached hydrogens (primary N) is 2. The first-order valence-corrected chi connectivity index (χ1v) is 5.49. The number of aromatic nitrogens is 2. The molecule has 1 aromatic heterocycles. The van der Waals surface area contributed by atoms with Crippen molar-refractivity contribution in [3.8, 4) is 0 Å². The van der Waals surface area contributed by atoms with Gasteiger partial charge < -0.3 is 11.5 Å². The number of nitrogens with zero attached hydrogens (tertiary/aromatic N) is 1. The third-order valence-electron chi connectivity index (χ3n) is 2.51. The molecule has 0 unspecified atom stereocenters. The van der Waals surface area contributed by atoms with Gasteiger partial charge in [-0.2, -0.15) is 0 Å². The van der Waals surface area contributed by atoms with Crippen molar-refractivity contribution in [2.24, 2.45) is 0 Å². The lowest BCUT2D eigenvalue weighted by atomic mass is 10.2. The van der Waals surface area contributed by atoms with Crippen molar-refractivity contribution in [2.75, 3.05) is 11.5 Å². The third kappa shape index (κ3) is 2.23. The molecule has 2 aromatic rings. The van der Waals surface area contributed by atoms with Gasteiger partial charge in [-0.1, -0.05) is 23.7 Å². The summed E-state index contributed by atoms with van der Waals surface area (Å²) in [5, 5.41) is 0.552. The summed E-state index contributed by atoms with van der Waals surface area (Å²) >= 11 is 5.85. The fourth-order valence-corrected chi connectivity index (χ4v) is 1.79. The van der Waals surface area contributed by atoms with E-state index in [9.17, 15) is 9.59 Å². The van der Waals surface area contributed by atoms with Gasteiger partial charge in [0.15, 0.2) is 0 Å². The van der Waals surface area contributed by atoms with Crippen LogP contribution in [0.3, 0.4) is 0 Å². The number of H-pyrrole nitrogens is 1. The van der Waals surface area contributed by atoms with Crippen LogP contribution in [-0.2, 0) is 6.54 Å². The molecule has 0 spiro atoms. The molecule has 0 radical (unpaired) electrons. The number of aromatic amines is 1. The normalized spacial score (nSPS) is 10.5. The standard InChI is InChI=1S/C11H11ClN4O2/c12-7-3-1-2-6(4-7)5-16-9(14)8(13)10(17)15-11(16)18/h1-4H,5,13-14H2,(H,15,17,18). The van der Waals surface area contributed by atoms with Gasteiger partial charge >= 0.3 is 5.69 Å². The van der Waals surface area contributed by atoms with Gasteiger partial charge in [0.2, 0.25) is 0 Å². The lowest BCUT2D eigenvalue weighted by Crippen LogP contribution is -2.34. The first-order chi connectivity index (χ1) is 8.49. The van der Waals surface area contributed by atoms with Gasteiger partial charge in [-0.05, 0) is 17.7 Å². The van der Waals surface area contributed by atoms with E-state index >= 15 is 0 Å². The molecule has 0 amide bonds. The van der Waals surface area contributed by atoms with E-state index in [0.717, 1.165) is 5.56 Å². The van der Waals surface area contributed by atoms with Crippen molar-refractivity contribution >= 4 is 23.1 Å². The molecule has 1 aromatic carbocycles. The topological polar surface area (TPSA) is 107 Å². The Hall–Kier alpha value is -2.21. The van der Waals surface area contributed by atoms with Crippen LogP contribution in [0.5, 0.6) is 0 Å². The quantitative estimate of drug-likeness (QED) is 0.731. The van der Waals surface area contributed by atoms with E-state index in [0.29, 0.717) is 5.02 Å². The summed E-state index contributed by atoms with van der Waals surface area (Å²) in [6, 6.07) is 6.97. The van der Waals surface area contributed by atoms with Gasteiger partial charge in [0.05, 0.1) is 6.54 Å². The van der Waals surface area contributed by atoms with Crippen LogP contribution < -0.4 is 22.7 Å². The number of hydrogen-bond donors (Lipinski definition) is 3. The highest BCUT2D eigenvalue weighted by Gasteiger charge is 2.09. The summed E-state index contributed by atoms with van der Waals surface area (Å²) < 4.78 is 1.18. The predicted molar refractivity (Wildman–Crippen MR) is 70.7 cm³/mol.